The van der Waals surface area contributed by atoms with Crippen molar-refractivity contribution >= 4 is 29.9 Å². The van der Waals surface area contributed by atoms with E-state index < -0.39 is 0 Å². The lowest BCUT2D eigenvalue weighted by Gasteiger charge is -2.37. The molecule has 6 nitrogen and oxygen atoms in total. The number of halogens is 1. The summed E-state index contributed by atoms with van der Waals surface area (Å²) < 4.78 is 10.5. The molecule has 2 heterocycles. The number of nitrogens with one attached hydrogen (secondary N) is 1. The molecular formula is C19H33IN4O2. The summed E-state index contributed by atoms with van der Waals surface area (Å²) in [6, 6.07) is 3.90. The van der Waals surface area contributed by atoms with Gasteiger partial charge in [0.1, 0.15) is 6.61 Å². The van der Waals surface area contributed by atoms with E-state index in [1.807, 2.05) is 18.3 Å². The summed E-state index contributed by atoms with van der Waals surface area (Å²) >= 11 is 0. The van der Waals surface area contributed by atoms with Crippen molar-refractivity contribution in [3.8, 4) is 5.88 Å². The Morgan fingerprint density at radius 2 is 2.00 bits per heavy atom. The van der Waals surface area contributed by atoms with Crippen LogP contribution in [0.25, 0.3) is 0 Å². The predicted octanol–water partition coefficient (Wildman–Crippen LogP) is 3.17. The Morgan fingerprint density at radius 1 is 1.27 bits per heavy atom. The number of pyridine rings is 1. The van der Waals surface area contributed by atoms with E-state index in [4.69, 9.17) is 14.5 Å². The van der Waals surface area contributed by atoms with Crippen LogP contribution in [0, 0.1) is 11.8 Å². The average molecular weight is 476 g/mol. The number of aromatic nitrogens is 1. The molecule has 2 rings (SSSR count). The number of aliphatic imine (C=N–C) groups is 1. The van der Waals surface area contributed by atoms with Crippen LogP contribution in [0.4, 0.5) is 0 Å². The fraction of sp³-hybridized carbons (Fsp3) is 0.684. The number of guanidine groups is 1. The largest absolute Gasteiger partial charge is 0.475 e. The Labute approximate surface area is 174 Å². The molecule has 2 unspecified atom stereocenters. The Balaban J connectivity index is 0.00000338. The molecule has 7 heteroatoms. The van der Waals surface area contributed by atoms with E-state index >= 15 is 0 Å². The molecule has 0 aromatic carbocycles. The maximum atomic E-state index is 5.49. The molecule has 0 saturated carbocycles. The lowest BCUT2D eigenvalue weighted by Crippen LogP contribution is -2.48. The summed E-state index contributed by atoms with van der Waals surface area (Å²) in [5, 5.41) is 3.43. The van der Waals surface area contributed by atoms with Crippen LogP contribution in [0.5, 0.6) is 5.88 Å². The lowest BCUT2D eigenvalue weighted by molar-refractivity contribution is 0.143. The molecule has 1 aliphatic rings. The number of rotatable bonds is 7. The molecule has 0 spiro atoms. The first kappa shape index (κ1) is 23.0. The number of ether oxygens (including phenoxy) is 2. The van der Waals surface area contributed by atoms with Crippen molar-refractivity contribution in [2.45, 2.75) is 33.7 Å². The lowest BCUT2D eigenvalue weighted by atomic mass is 9.92. The highest BCUT2D eigenvalue weighted by molar-refractivity contribution is 14.0. The van der Waals surface area contributed by atoms with Crippen molar-refractivity contribution in [2.24, 2.45) is 16.8 Å². The van der Waals surface area contributed by atoms with Crippen LogP contribution >= 0.6 is 24.0 Å². The molecule has 0 bridgehead atoms. The van der Waals surface area contributed by atoms with Gasteiger partial charge in [0.15, 0.2) is 5.96 Å². The second-order valence-electron chi connectivity index (χ2n) is 6.87. The maximum Gasteiger partial charge on any atom is 0.213 e. The molecular weight excluding hydrogens is 443 g/mol. The van der Waals surface area contributed by atoms with Crippen molar-refractivity contribution < 1.29 is 9.47 Å². The molecule has 1 aromatic rings. The van der Waals surface area contributed by atoms with Gasteiger partial charge < -0.3 is 19.7 Å². The average Bonchev–Trinajstić information content (AvgIpc) is 2.59. The minimum Gasteiger partial charge on any atom is -0.475 e. The molecule has 1 aliphatic heterocycles. The first-order valence-corrected chi connectivity index (χ1v) is 9.22. The Hall–Kier alpha value is -1.09. The first-order valence-electron chi connectivity index (χ1n) is 9.22. The molecule has 1 N–H and O–H groups in total. The number of nitrogens with zero attached hydrogens (tertiary/aromatic N) is 3. The standard InChI is InChI=1S/C19H32N4O2.HI/c1-5-20-19(23-13-15(2)10-16(3)14-23)22-12-17-6-7-18(21-11-17)25-9-8-24-4;/h6-7,11,15-16H,5,8-10,12-14H2,1-4H3,(H,20,22);1H. The molecule has 1 aromatic heterocycles. The molecule has 1 fully saturated rings. The van der Waals surface area contributed by atoms with E-state index in [0.717, 1.165) is 31.2 Å². The monoisotopic (exact) mass is 476 g/mol. The second-order valence-corrected chi connectivity index (χ2v) is 6.87. The van der Waals surface area contributed by atoms with E-state index in [9.17, 15) is 0 Å². The van der Waals surface area contributed by atoms with Crippen molar-refractivity contribution in [3.05, 3.63) is 23.9 Å². The number of hydrogen-bond donors (Lipinski definition) is 1. The summed E-state index contributed by atoms with van der Waals surface area (Å²) in [5.74, 6) is 3.03. The molecule has 1 saturated heterocycles. The molecule has 2 atom stereocenters. The van der Waals surface area contributed by atoms with Gasteiger partial charge in [0.2, 0.25) is 5.88 Å². The van der Waals surface area contributed by atoms with E-state index in [1.165, 1.54) is 6.42 Å². The smallest absolute Gasteiger partial charge is 0.213 e. The highest BCUT2D eigenvalue weighted by Gasteiger charge is 2.23. The van der Waals surface area contributed by atoms with Gasteiger partial charge in [-0.1, -0.05) is 19.9 Å². The van der Waals surface area contributed by atoms with Crippen molar-refractivity contribution in [2.75, 3.05) is 40.0 Å². The van der Waals surface area contributed by atoms with Gasteiger partial charge in [0, 0.05) is 39.0 Å². The summed E-state index contributed by atoms with van der Waals surface area (Å²) in [4.78, 5) is 11.5. The van der Waals surface area contributed by atoms with Gasteiger partial charge >= 0.3 is 0 Å². The van der Waals surface area contributed by atoms with Crippen LogP contribution < -0.4 is 10.1 Å². The number of likely N-dealkylation sites (tertiary alicyclic amines) is 1. The van der Waals surface area contributed by atoms with Gasteiger partial charge in [0.05, 0.1) is 13.2 Å². The highest BCUT2D eigenvalue weighted by Crippen LogP contribution is 2.21. The predicted molar refractivity (Wildman–Crippen MR) is 116 cm³/mol. The van der Waals surface area contributed by atoms with Crippen LogP contribution in [0.1, 0.15) is 32.8 Å². The second kappa shape index (κ2) is 12.3. The third kappa shape index (κ3) is 7.65. The highest BCUT2D eigenvalue weighted by atomic mass is 127. The van der Waals surface area contributed by atoms with Gasteiger partial charge in [-0.2, -0.15) is 0 Å². The van der Waals surface area contributed by atoms with Crippen molar-refractivity contribution in [1.29, 1.82) is 0 Å². The van der Waals surface area contributed by atoms with E-state index in [0.29, 0.717) is 37.5 Å². The maximum absolute atomic E-state index is 5.49. The normalized spacial score (nSPS) is 20.5. The third-order valence-corrected chi connectivity index (χ3v) is 4.25. The zero-order chi connectivity index (χ0) is 18.1. The van der Waals surface area contributed by atoms with Crippen LogP contribution in [-0.2, 0) is 11.3 Å². The minimum absolute atomic E-state index is 0. The fourth-order valence-electron chi connectivity index (χ4n) is 3.25. The topological polar surface area (TPSA) is 59.0 Å². The number of piperidine rings is 1. The van der Waals surface area contributed by atoms with Crippen LogP contribution in [0.3, 0.4) is 0 Å². The van der Waals surface area contributed by atoms with Gasteiger partial charge in [-0.25, -0.2) is 9.98 Å². The first-order chi connectivity index (χ1) is 12.1. The Bertz CT molecular complexity index is 529. The fourth-order valence-corrected chi connectivity index (χ4v) is 3.25. The van der Waals surface area contributed by atoms with Gasteiger partial charge in [-0.15, -0.1) is 24.0 Å². The summed E-state index contributed by atoms with van der Waals surface area (Å²) in [5.41, 5.74) is 1.08. The SMILES string of the molecule is CCNC(=NCc1ccc(OCCOC)nc1)N1CC(C)CC(C)C1.I. The van der Waals surface area contributed by atoms with Crippen molar-refractivity contribution in [3.63, 3.8) is 0 Å². The summed E-state index contributed by atoms with van der Waals surface area (Å²) in [6.07, 6.45) is 3.13. The van der Waals surface area contributed by atoms with Gasteiger partial charge in [-0.05, 0) is 30.7 Å². The number of methoxy groups -OCH3 is 1. The van der Waals surface area contributed by atoms with E-state index in [-0.39, 0.29) is 24.0 Å². The third-order valence-electron chi connectivity index (χ3n) is 4.25. The molecule has 0 aliphatic carbocycles. The van der Waals surface area contributed by atoms with Gasteiger partial charge in [-0.3, -0.25) is 0 Å². The Kier molecular flexibility index (Phi) is 10.9. The molecule has 148 valence electrons. The summed E-state index contributed by atoms with van der Waals surface area (Å²) in [6.45, 7) is 11.5. The van der Waals surface area contributed by atoms with E-state index in [2.05, 4.69) is 36.0 Å². The van der Waals surface area contributed by atoms with Crippen LogP contribution in [0.2, 0.25) is 0 Å². The summed E-state index contributed by atoms with van der Waals surface area (Å²) in [7, 11) is 1.66. The molecule has 26 heavy (non-hydrogen) atoms. The van der Waals surface area contributed by atoms with Crippen molar-refractivity contribution in [1.82, 2.24) is 15.2 Å². The Morgan fingerprint density at radius 3 is 2.58 bits per heavy atom. The molecule has 0 radical (unpaired) electrons. The zero-order valence-electron chi connectivity index (χ0n) is 16.4. The molecule has 0 amide bonds. The van der Waals surface area contributed by atoms with Gasteiger partial charge in [0.25, 0.3) is 0 Å². The zero-order valence-corrected chi connectivity index (χ0v) is 18.7. The van der Waals surface area contributed by atoms with E-state index in [1.54, 1.807) is 7.11 Å². The van der Waals surface area contributed by atoms with Crippen LogP contribution in [0.15, 0.2) is 23.3 Å². The quantitative estimate of drug-likeness (QED) is 0.284. The minimum atomic E-state index is 0. The van der Waals surface area contributed by atoms with Crippen LogP contribution in [-0.4, -0.2) is 55.8 Å². The number of hydrogen-bond acceptors (Lipinski definition) is 4.